The van der Waals surface area contributed by atoms with Gasteiger partial charge in [-0.2, -0.15) is 15.4 Å². The van der Waals surface area contributed by atoms with Crippen molar-refractivity contribution in [3.8, 4) is 0 Å². The number of aromatic nitrogens is 3. The summed E-state index contributed by atoms with van der Waals surface area (Å²) in [7, 11) is 0. The number of rotatable bonds is 5. The van der Waals surface area contributed by atoms with Crippen molar-refractivity contribution >= 4 is 22.7 Å². The second-order valence-corrected chi connectivity index (χ2v) is 3.72. The minimum Gasteiger partial charge on any atom is -0.481 e. The predicted octanol–water partition coefficient (Wildman–Crippen LogP) is 1.26. The van der Waals surface area contributed by atoms with Crippen molar-refractivity contribution in [1.82, 2.24) is 15.4 Å². The van der Waals surface area contributed by atoms with Gasteiger partial charge in [0.05, 0.1) is 6.42 Å². The summed E-state index contributed by atoms with van der Waals surface area (Å²) in [6.45, 7) is 3.25. The fourth-order valence-electron chi connectivity index (χ4n) is 1.73. The molecule has 0 radical (unpaired) electrons. The number of carboxylic acid groups (broad SMARTS) is 1. The smallest absolute Gasteiger partial charge is 0.305 e. The van der Waals surface area contributed by atoms with E-state index in [0.717, 1.165) is 23.3 Å². The molecule has 1 aromatic carbocycles. The van der Waals surface area contributed by atoms with Gasteiger partial charge in [0.2, 0.25) is 0 Å². The fraction of sp³-hybridized carbons (Fsp3) is 0.364. The second kappa shape index (κ2) is 4.82. The number of aliphatic carboxylic acids is 1. The average Bonchev–Trinajstić information content (AvgIpc) is 2.76. The normalized spacial score (nSPS) is 10.6. The van der Waals surface area contributed by atoms with Crippen molar-refractivity contribution in [3.05, 3.63) is 18.2 Å². The Morgan fingerprint density at radius 3 is 2.88 bits per heavy atom. The van der Waals surface area contributed by atoms with Crippen molar-refractivity contribution in [2.45, 2.75) is 13.3 Å². The van der Waals surface area contributed by atoms with Gasteiger partial charge in [-0.15, -0.1) is 0 Å². The number of hydrogen-bond acceptors (Lipinski definition) is 4. The molecule has 0 unspecified atom stereocenters. The number of nitrogens with one attached hydrogen (secondary N) is 1. The van der Waals surface area contributed by atoms with Crippen LogP contribution in [0, 0.1) is 0 Å². The monoisotopic (exact) mass is 234 g/mol. The molecule has 0 amide bonds. The number of aromatic amines is 1. The van der Waals surface area contributed by atoms with E-state index in [9.17, 15) is 4.79 Å². The number of H-pyrrole nitrogens is 1. The molecule has 0 aliphatic heterocycles. The molecule has 2 rings (SSSR count). The van der Waals surface area contributed by atoms with Crippen LogP contribution in [-0.2, 0) is 4.79 Å². The van der Waals surface area contributed by atoms with Crippen molar-refractivity contribution in [3.63, 3.8) is 0 Å². The van der Waals surface area contributed by atoms with E-state index in [-0.39, 0.29) is 6.42 Å². The van der Waals surface area contributed by atoms with Crippen LogP contribution in [0.2, 0.25) is 0 Å². The lowest BCUT2D eigenvalue weighted by atomic mass is 10.2. The lowest BCUT2D eigenvalue weighted by Gasteiger charge is -2.21. The Balaban J connectivity index is 2.20. The summed E-state index contributed by atoms with van der Waals surface area (Å²) in [5.74, 6) is -0.786. The number of anilines is 1. The molecule has 1 aromatic heterocycles. The molecule has 2 aromatic rings. The van der Waals surface area contributed by atoms with Gasteiger partial charge >= 0.3 is 5.97 Å². The van der Waals surface area contributed by atoms with E-state index >= 15 is 0 Å². The molecule has 2 N–H and O–H groups in total. The highest BCUT2D eigenvalue weighted by Gasteiger charge is 2.08. The predicted molar refractivity (Wildman–Crippen MR) is 64.0 cm³/mol. The highest BCUT2D eigenvalue weighted by atomic mass is 16.4. The fourth-order valence-corrected chi connectivity index (χ4v) is 1.73. The highest BCUT2D eigenvalue weighted by molar-refractivity contribution is 5.78. The maximum absolute atomic E-state index is 10.6. The third kappa shape index (κ3) is 2.52. The zero-order valence-electron chi connectivity index (χ0n) is 9.55. The molecule has 90 valence electrons. The Kier molecular flexibility index (Phi) is 3.22. The summed E-state index contributed by atoms with van der Waals surface area (Å²) in [5.41, 5.74) is 2.56. The van der Waals surface area contributed by atoms with Gasteiger partial charge < -0.3 is 10.0 Å². The van der Waals surface area contributed by atoms with E-state index in [1.165, 1.54) is 0 Å². The first-order chi connectivity index (χ1) is 8.20. The Morgan fingerprint density at radius 2 is 2.18 bits per heavy atom. The minimum atomic E-state index is -0.786. The third-order valence-corrected chi connectivity index (χ3v) is 2.64. The molecular weight excluding hydrogens is 220 g/mol. The number of hydrogen-bond donors (Lipinski definition) is 2. The number of nitrogens with zero attached hydrogens (tertiary/aromatic N) is 3. The third-order valence-electron chi connectivity index (χ3n) is 2.64. The molecule has 17 heavy (non-hydrogen) atoms. The Hall–Kier alpha value is -2.11. The van der Waals surface area contributed by atoms with Gasteiger partial charge in [0.25, 0.3) is 0 Å². The molecule has 0 atom stereocenters. The highest BCUT2D eigenvalue weighted by Crippen LogP contribution is 2.19. The lowest BCUT2D eigenvalue weighted by Crippen LogP contribution is -2.25. The summed E-state index contributed by atoms with van der Waals surface area (Å²) in [5, 5.41) is 19.2. The zero-order chi connectivity index (χ0) is 12.3. The summed E-state index contributed by atoms with van der Waals surface area (Å²) in [6.07, 6.45) is 0.130. The van der Waals surface area contributed by atoms with Crippen molar-refractivity contribution in [1.29, 1.82) is 0 Å². The first-order valence-electron chi connectivity index (χ1n) is 5.48. The largest absolute Gasteiger partial charge is 0.481 e. The van der Waals surface area contributed by atoms with Crippen LogP contribution in [0.4, 0.5) is 5.69 Å². The van der Waals surface area contributed by atoms with Gasteiger partial charge in [0.1, 0.15) is 11.0 Å². The summed E-state index contributed by atoms with van der Waals surface area (Å²) in [4.78, 5) is 12.6. The molecule has 0 aliphatic rings. The van der Waals surface area contributed by atoms with Gasteiger partial charge in [-0.25, -0.2) is 0 Å². The molecule has 6 nitrogen and oxygen atoms in total. The maximum atomic E-state index is 10.6. The molecule has 0 saturated carbocycles. The Morgan fingerprint density at radius 1 is 1.41 bits per heavy atom. The molecular formula is C11H14N4O2. The SMILES string of the molecule is CCN(CCC(=O)O)c1ccc2n[nH]nc2c1. The molecule has 0 spiro atoms. The van der Waals surface area contributed by atoms with E-state index < -0.39 is 5.97 Å². The van der Waals surface area contributed by atoms with E-state index in [0.29, 0.717) is 6.54 Å². The zero-order valence-corrected chi connectivity index (χ0v) is 9.55. The van der Waals surface area contributed by atoms with E-state index in [2.05, 4.69) is 15.4 Å². The van der Waals surface area contributed by atoms with Crippen LogP contribution in [0.3, 0.4) is 0 Å². The summed E-state index contributed by atoms with van der Waals surface area (Å²) in [6, 6.07) is 5.71. The van der Waals surface area contributed by atoms with Crippen molar-refractivity contribution in [2.24, 2.45) is 0 Å². The van der Waals surface area contributed by atoms with Gasteiger partial charge in [-0.05, 0) is 25.1 Å². The van der Waals surface area contributed by atoms with Crippen LogP contribution in [0.1, 0.15) is 13.3 Å². The van der Waals surface area contributed by atoms with E-state index in [1.807, 2.05) is 30.0 Å². The number of carboxylic acids is 1. The van der Waals surface area contributed by atoms with Crippen molar-refractivity contribution in [2.75, 3.05) is 18.0 Å². The van der Waals surface area contributed by atoms with E-state index in [1.54, 1.807) is 0 Å². The number of carbonyl (C=O) groups is 1. The van der Waals surface area contributed by atoms with Crippen molar-refractivity contribution < 1.29 is 9.90 Å². The summed E-state index contributed by atoms with van der Waals surface area (Å²) >= 11 is 0. The molecule has 0 bridgehead atoms. The Labute approximate surface area is 98.2 Å². The number of benzene rings is 1. The Bertz CT molecular complexity index is 523. The van der Waals surface area contributed by atoms with Crippen LogP contribution in [0.15, 0.2) is 18.2 Å². The van der Waals surface area contributed by atoms with Crippen LogP contribution < -0.4 is 4.90 Å². The summed E-state index contributed by atoms with van der Waals surface area (Å²) < 4.78 is 0. The van der Waals surface area contributed by atoms with Gasteiger partial charge in [-0.3, -0.25) is 4.79 Å². The second-order valence-electron chi connectivity index (χ2n) is 3.72. The number of fused-ring (bicyclic) bond motifs is 1. The average molecular weight is 234 g/mol. The molecule has 6 heteroatoms. The topological polar surface area (TPSA) is 82.1 Å². The molecule has 0 aliphatic carbocycles. The quantitative estimate of drug-likeness (QED) is 0.813. The first kappa shape index (κ1) is 11.4. The standard InChI is InChI=1S/C11H14N4O2/c1-2-15(6-5-11(16)17)8-3-4-9-10(7-8)13-14-12-9/h3-4,7H,2,5-6H2,1H3,(H,16,17)(H,12,13,14). The first-order valence-corrected chi connectivity index (χ1v) is 5.48. The van der Waals surface area contributed by atoms with Crippen LogP contribution in [-0.4, -0.2) is 39.6 Å². The van der Waals surface area contributed by atoms with E-state index in [4.69, 9.17) is 5.11 Å². The maximum Gasteiger partial charge on any atom is 0.305 e. The lowest BCUT2D eigenvalue weighted by molar-refractivity contribution is -0.136. The minimum absolute atomic E-state index is 0.130. The molecule has 1 heterocycles. The van der Waals surface area contributed by atoms with Gasteiger partial charge in [0.15, 0.2) is 0 Å². The molecule has 0 saturated heterocycles. The van der Waals surface area contributed by atoms with Crippen LogP contribution in [0.5, 0.6) is 0 Å². The van der Waals surface area contributed by atoms with Gasteiger partial charge in [-0.1, -0.05) is 0 Å². The van der Waals surface area contributed by atoms with Crippen LogP contribution >= 0.6 is 0 Å². The molecule has 0 fully saturated rings. The van der Waals surface area contributed by atoms with Gasteiger partial charge in [0, 0.05) is 18.8 Å². The van der Waals surface area contributed by atoms with Crippen LogP contribution in [0.25, 0.3) is 11.0 Å².